The van der Waals surface area contributed by atoms with Gasteiger partial charge in [0.25, 0.3) is 0 Å². The van der Waals surface area contributed by atoms with E-state index in [9.17, 15) is 18.4 Å². The van der Waals surface area contributed by atoms with Gasteiger partial charge in [-0.3, -0.25) is 4.79 Å². The number of rotatable bonds is 7. The average molecular weight is 331 g/mol. The fourth-order valence-electron chi connectivity index (χ4n) is 1.92. The SMILES string of the molecule is CSCCC(NC(N)=O)C(=O)NC(C)c1ccc(F)cc1F. The summed E-state index contributed by atoms with van der Waals surface area (Å²) in [7, 11) is 0. The van der Waals surface area contributed by atoms with E-state index in [4.69, 9.17) is 5.73 Å². The lowest BCUT2D eigenvalue weighted by Gasteiger charge is -2.21. The molecule has 1 aromatic rings. The zero-order chi connectivity index (χ0) is 16.7. The van der Waals surface area contributed by atoms with Crippen LogP contribution < -0.4 is 16.4 Å². The van der Waals surface area contributed by atoms with Gasteiger partial charge in [-0.25, -0.2) is 13.6 Å². The number of amides is 3. The monoisotopic (exact) mass is 331 g/mol. The predicted molar refractivity (Wildman–Crippen MR) is 82.4 cm³/mol. The lowest BCUT2D eigenvalue weighted by molar-refractivity contribution is -0.123. The molecule has 1 aromatic carbocycles. The van der Waals surface area contributed by atoms with Gasteiger partial charge in [0.05, 0.1) is 6.04 Å². The van der Waals surface area contributed by atoms with Crippen molar-refractivity contribution < 1.29 is 18.4 Å². The lowest BCUT2D eigenvalue weighted by atomic mass is 10.1. The lowest BCUT2D eigenvalue weighted by Crippen LogP contribution is -2.49. The van der Waals surface area contributed by atoms with Crippen molar-refractivity contribution in [2.24, 2.45) is 5.73 Å². The second-order valence-electron chi connectivity index (χ2n) is 4.74. The molecule has 8 heteroatoms. The third-order valence-electron chi connectivity index (χ3n) is 3.03. The summed E-state index contributed by atoms with van der Waals surface area (Å²) in [5.41, 5.74) is 5.21. The fourth-order valence-corrected chi connectivity index (χ4v) is 2.39. The number of hydrogen-bond donors (Lipinski definition) is 3. The number of urea groups is 1. The van der Waals surface area contributed by atoms with Crippen LogP contribution in [-0.2, 0) is 4.79 Å². The second kappa shape index (κ2) is 8.57. The largest absolute Gasteiger partial charge is 0.352 e. The third-order valence-corrected chi connectivity index (χ3v) is 3.68. The molecule has 0 aliphatic rings. The van der Waals surface area contributed by atoms with Gasteiger partial charge in [-0.05, 0) is 31.4 Å². The number of nitrogens with one attached hydrogen (secondary N) is 2. The van der Waals surface area contributed by atoms with Gasteiger partial charge in [-0.1, -0.05) is 6.07 Å². The molecule has 0 aromatic heterocycles. The van der Waals surface area contributed by atoms with E-state index in [0.717, 1.165) is 12.1 Å². The molecular weight excluding hydrogens is 312 g/mol. The maximum absolute atomic E-state index is 13.7. The van der Waals surface area contributed by atoms with Crippen molar-refractivity contribution in [1.29, 1.82) is 0 Å². The third kappa shape index (κ3) is 5.51. The predicted octanol–water partition coefficient (Wildman–Crippen LogP) is 1.93. The average Bonchev–Trinajstić information content (AvgIpc) is 2.42. The van der Waals surface area contributed by atoms with Gasteiger partial charge in [0, 0.05) is 11.6 Å². The molecule has 0 fully saturated rings. The molecule has 2 atom stereocenters. The Morgan fingerprint density at radius 1 is 1.32 bits per heavy atom. The zero-order valence-electron chi connectivity index (χ0n) is 12.4. The minimum absolute atomic E-state index is 0.164. The molecule has 2 unspecified atom stereocenters. The molecule has 1 rings (SSSR count). The van der Waals surface area contributed by atoms with Gasteiger partial charge in [0.15, 0.2) is 0 Å². The summed E-state index contributed by atoms with van der Waals surface area (Å²) < 4.78 is 26.6. The molecular formula is C14H19F2N3O2S. The van der Waals surface area contributed by atoms with E-state index in [2.05, 4.69) is 10.6 Å². The van der Waals surface area contributed by atoms with E-state index in [1.54, 1.807) is 6.92 Å². The number of halogens is 2. The molecule has 22 heavy (non-hydrogen) atoms. The number of thioether (sulfide) groups is 1. The molecule has 122 valence electrons. The highest BCUT2D eigenvalue weighted by Crippen LogP contribution is 2.18. The number of hydrogen-bond acceptors (Lipinski definition) is 3. The summed E-state index contributed by atoms with van der Waals surface area (Å²) in [6, 6.07) is 0.879. The first-order chi connectivity index (χ1) is 10.3. The number of benzene rings is 1. The van der Waals surface area contributed by atoms with Gasteiger partial charge < -0.3 is 16.4 Å². The van der Waals surface area contributed by atoms with Crippen LogP contribution in [0.4, 0.5) is 13.6 Å². The molecule has 3 amide bonds. The Kier molecular flexibility index (Phi) is 7.10. The first kappa shape index (κ1) is 18.2. The molecule has 0 saturated carbocycles. The Bertz CT molecular complexity index is 543. The van der Waals surface area contributed by atoms with E-state index in [0.29, 0.717) is 12.2 Å². The molecule has 0 saturated heterocycles. The molecule has 0 aliphatic carbocycles. The summed E-state index contributed by atoms with van der Waals surface area (Å²) in [5, 5.41) is 4.94. The summed E-state index contributed by atoms with van der Waals surface area (Å²) in [6.07, 6.45) is 2.27. The molecule has 0 radical (unpaired) electrons. The molecule has 4 N–H and O–H groups in total. The molecule has 0 bridgehead atoms. The minimum atomic E-state index is -0.804. The highest BCUT2D eigenvalue weighted by molar-refractivity contribution is 7.98. The quantitative estimate of drug-likeness (QED) is 0.714. The van der Waals surface area contributed by atoms with Crippen molar-refractivity contribution in [2.45, 2.75) is 25.4 Å². The van der Waals surface area contributed by atoms with Gasteiger partial charge in [0.2, 0.25) is 5.91 Å². The first-order valence-corrected chi connectivity index (χ1v) is 8.04. The van der Waals surface area contributed by atoms with Gasteiger partial charge in [-0.2, -0.15) is 11.8 Å². The van der Waals surface area contributed by atoms with Crippen LogP contribution in [0.3, 0.4) is 0 Å². The zero-order valence-corrected chi connectivity index (χ0v) is 13.2. The van der Waals surface area contributed by atoms with E-state index < -0.39 is 35.7 Å². The Morgan fingerprint density at radius 2 is 2.00 bits per heavy atom. The van der Waals surface area contributed by atoms with Gasteiger partial charge in [-0.15, -0.1) is 0 Å². The maximum atomic E-state index is 13.7. The first-order valence-electron chi connectivity index (χ1n) is 6.65. The van der Waals surface area contributed by atoms with Crippen molar-refractivity contribution in [3.8, 4) is 0 Å². The summed E-state index contributed by atoms with van der Waals surface area (Å²) >= 11 is 1.52. The number of carbonyl (C=O) groups excluding carboxylic acids is 2. The van der Waals surface area contributed by atoms with Crippen LogP contribution in [0.1, 0.15) is 24.9 Å². The highest BCUT2D eigenvalue weighted by atomic mass is 32.2. The summed E-state index contributed by atoms with van der Waals surface area (Å²) in [5.74, 6) is -1.24. The smallest absolute Gasteiger partial charge is 0.312 e. The van der Waals surface area contributed by atoms with E-state index >= 15 is 0 Å². The van der Waals surface area contributed by atoms with Gasteiger partial charge in [0.1, 0.15) is 17.7 Å². The highest BCUT2D eigenvalue weighted by Gasteiger charge is 2.22. The van der Waals surface area contributed by atoms with Crippen LogP contribution in [0.5, 0.6) is 0 Å². The Hall–Kier alpha value is -1.83. The van der Waals surface area contributed by atoms with Crippen LogP contribution in [-0.4, -0.2) is 30.0 Å². The molecule has 5 nitrogen and oxygen atoms in total. The maximum Gasteiger partial charge on any atom is 0.312 e. The van der Waals surface area contributed by atoms with Crippen LogP contribution in [0.25, 0.3) is 0 Å². The van der Waals surface area contributed by atoms with Crippen molar-refractivity contribution in [3.63, 3.8) is 0 Å². The fraction of sp³-hybridized carbons (Fsp3) is 0.429. The Labute approximate surface area is 132 Å². The van der Waals surface area contributed by atoms with E-state index in [-0.39, 0.29) is 5.56 Å². The summed E-state index contributed by atoms with van der Waals surface area (Å²) in [4.78, 5) is 23.1. The number of primary amides is 1. The number of nitrogens with two attached hydrogens (primary N) is 1. The van der Waals surface area contributed by atoms with Crippen LogP contribution in [0, 0.1) is 11.6 Å². The normalized spacial score (nSPS) is 13.3. The Morgan fingerprint density at radius 3 is 2.55 bits per heavy atom. The Balaban J connectivity index is 2.76. The van der Waals surface area contributed by atoms with Crippen LogP contribution in [0.15, 0.2) is 18.2 Å². The van der Waals surface area contributed by atoms with Gasteiger partial charge >= 0.3 is 6.03 Å². The van der Waals surface area contributed by atoms with Crippen LogP contribution in [0.2, 0.25) is 0 Å². The van der Waals surface area contributed by atoms with Crippen molar-refractivity contribution in [1.82, 2.24) is 10.6 Å². The standard InChI is InChI=1S/C14H19F2N3O2S/c1-8(10-4-3-9(15)7-11(10)16)18-13(20)12(5-6-22-2)19-14(17)21/h3-4,7-8,12H,5-6H2,1-2H3,(H,18,20)(H3,17,19,21). The van der Waals surface area contributed by atoms with Crippen molar-refractivity contribution >= 4 is 23.7 Å². The minimum Gasteiger partial charge on any atom is -0.352 e. The topological polar surface area (TPSA) is 84.2 Å². The van der Waals surface area contributed by atoms with Crippen molar-refractivity contribution in [2.75, 3.05) is 12.0 Å². The number of carbonyl (C=O) groups is 2. The van der Waals surface area contributed by atoms with Crippen molar-refractivity contribution in [3.05, 3.63) is 35.4 Å². The van der Waals surface area contributed by atoms with E-state index in [1.807, 2.05) is 6.26 Å². The van der Waals surface area contributed by atoms with E-state index in [1.165, 1.54) is 17.8 Å². The molecule has 0 heterocycles. The molecule has 0 spiro atoms. The second-order valence-corrected chi connectivity index (χ2v) is 5.72. The van der Waals surface area contributed by atoms with Crippen LogP contribution >= 0.6 is 11.8 Å². The molecule has 0 aliphatic heterocycles. The summed E-state index contributed by atoms with van der Waals surface area (Å²) in [6.45, 7) is 1.57.